The van der Waals surface area contributed by atoms with Gasteiger partial charge in [0, 0.05) is 24.9 Å². The molecule has 0 spiro atoms. The van der Waals surface area contributed by atoms with Crippen molar-refractivity contribution in [2.45, 2.75) is 45.1 Å². The van der Waals surface area contributed by atoms with Crippen molar-refractivity contribution in [2.24, 2.45) is 0 Å². The van der Waals surface area contributed by atoms with Crippen LogP contribution in [0.1, 0.15) is 44.6 Å². The summed E-state index contributed by atoms with van der Waals surface area (Å²) in [6.07, 6.45) is 3.50. The molecule has 1 aliphatic heterocycles. The lowest BCUT2D eigenvalue weighted by Crippen LogP contribution is -2.19. The lowest BCUT2D eigenvalue weighted by Gasteiger charge is -2.17. The fourth-order valence-electron chi connectivity index (χ4n) is 2.25. The fraction of sp³-hybridized carbons (Fsp3) is 0.600. The van der Waals surface area contributed by atoms with Crippen LogP contribution >= 0.6 is 0 Å². The van der Waals surface area contributed by atoms with Crippen molar-refractivity contribution >= 4 is 5.69 Å². The fourth-order valence-corrected chi connectivity index (χ4v) is 2.25. The molecule has 0 aliphatic carbocycles. The summed E-state index contributed by atoms with van der Waals surface area (Å²) in [6.45, 7) is 6.27. The quantitative estimate of drug-likeness (QED) is 0.857. The first kappa shape index (κ1) is 12.4. The number of anilines is 1. The van der Waals surface area contributed by atoms with Crippen LogP contribution in [-0.2, 0) is 4.74 Å². The van der Waals surface area contributed by atoms with E-state index in [4.69, 9.17) is 4.74 Å². The minimum Gasteiger partial charge on any atom is -0.382 e. The van der Waals surface area contributed by atoms with E-state index in [9.17, 15) is 0 Å². The second kappa shape index (κ2) is 6.06. The zero-order valence-electron chi connectivity index (χ0n) is 10.9. The summed E-state index contributed by atoms with van der Waals surface area (Å²) in [5, 5.41) is 3.61. The van der Waals surface area contributed by atoms with Gasteiger partial charge in [-0.2, -0.15) is 0 Å². The molecule has 1 fully saturated rings. The molecule has 1 N–H and O–H groups in total. The van der Waals surface area contributed by atoms with Crippen molar-refractivity contribution in [2.75, 3.05) is 18.5 Å². The number of hydrogen-bond donors (Lipinski definition) is 1. The van der Waals surface area contributed by atoms with Gasteiger partial charge in [0.05, 0.1) is 0 Å². The maximum Gasteiger partial charge on any atom is 0.0485 e. The summed E-state index contributed by atoms with van der Waals surface area (Å²) in [5.74, 6) is 0.607. The molecule has 17 heavy (non-hydrogen) atoms. The van der Waals surface area contributed by atoms with Crippen molar-refractivity contribution in [3.8, 4) is 0 Å². The van der Waals surface area contributed by atoms with Gasteiger partial charge in [-0.1, -0.05) is 26.0 Å². The largest absolute Gasteiger partial charge is 0.382 e. The monoisotopic (exact) mass is 233 g/mol. The molecule has 1 aromatic carbocycles. The molecule has 2 rings (SSSR count). The van der Waals surface area contributed by atoms with Crippen LogP contribution in [-0.4, -0.2) is 19.3 Å². The van der Waals surface area contributed by atoms with E-state index in [1.165, 1.54) is 24.1 Å². The van der Waals surface area contributed by atoms with Crippen LogP contribution in [0.4, 0.5) is 5.69 Å². The van der Waals surface area contributed by atoms with E-state index in [0.29, 0.717) is 12.0 Å². The van der Waals surface area contributed by atoms with Crippen molar-refractivity contribution in [1.29, 1.82) is 0 Å². The minimum atomic E-state index is 0.572. The van der Waals surface area contributed by atoms with Gasteiger partial charge in [-0.15, -0.1) is 0 Å². The van der Waals surface area contributed by atoms with Gasteiger partial charge in [-0.05, 0) is 42.9 Å². The molecule has 1 unspecified atom stereocenters. The number of nitrogens with one attached hydrogen (secondary N) is 1. The smallest absolute Gasteiger partial charge is 0.0485 e. The Balaban J connectivity index is 1.93. The third kappa shape index (κ3) is 3.74. The van der Waals surface area contributed by atoms with Gasteiger partial charge in [0.25, 0.3) is 0 Å². The van der Waals surface area contributed by atoms with Crippen LogP contribution in [0.3, 0.4) is 0 Å². The maximum atomic E-state index is 5.47. The third-order valence-electron chi connectivity index (χ3n) is 3.40. The van der Waals surface area contributed by atoms with Crippen LogP contribution in [0.15, 0.2) is 24.3 Å². The first-order chi connectivity index (χ1) is 8.25. The average Bonchev–Trinajstić information content (AvgIpc) is 2.58. The van der Waals surface area contributed by atoms with Gasteiger partial charge in [0.1, 0.15) is 0 Å². The van der Waals surface area contributed by atoms with E-state index >= 15 is 0 Å². The van der Waals surface area contributed by atoms with Gasteiger partial charge in [0.15, 0.2) is 0 Å². The Morgan fingerprint density at radius 2 is 1.88 bits per heavy atom. The normalized spacial score (nSPS) is 21.2. The summed E-state index contributed by atoms with van der Waals surface area (Å²) in [5.41, 5.74) is 2.64. The lowest BCUT2D eigenvalue weighted by molar-refractivity contribution is 0.144. The summed E-state index contributed by atoms with van der Waals surface area (Å²) >= 11 is 0. The molecule has 1 aromatic rings. The number of hydrogen-bond acceptors (Lipinski definition) is 2. The van der Waals surface area contributed by atoms with Crippen LogP contribution < -0.4 is 5.32 Å². The molecule has 0 aromatic heterocycles. The molecular formula is C15H23NO. The predicted octanol–water partition coefficient (Wildman–Crippen LogP) is 3.79. The highest BCUT2D eigenvalue weighted by Crippen LogP contribution is 2.19. The lowest BCUT2D eigenvalue weighted by atomic mass is 10.0. The highest BCUT2D eigenvalue weighted by Gasteiger charge is 2.11. The van der Waals surface area contributed by atoms with E-state index in [1.807, 2.05) is 0 Å². The predicted molar refractivity (Wildman–Crippen MR) is 72.6 cm³/mol. The standard InChI is InChI=1S/C15H23NO/c1-12(2)13-5-7-15(8-6-13)16-14-4-3-10-17-11-9-14/h5-8,12,14,16H,3-4,9-11H2,1-2H3. The molecule has 2 heteroatoms. The Morgan fingerprint density at radius 3 is 2.59 bits per heavy atom. The van der Waals surface area contributed by atoms with Crippen LogP contribution in [0.5, 0.6) is 0 Å². The molecule has 1 heterocycles. The topological polar surface area (TPSA) is 21.3 Å². The first-order valence-corrected chi connectivity index (χ1v) is 6.70. The second-order valence-corrected chi connectivity index (χ2v) is 5.16. The Hall–Kier alpha value is -1.02. The summed E-state index contributed by atoms with van der Waals surface area (Å²) < 4.78 is 5.47. The van der Waals surface area contributed by atoms with Gasteiger partial charge in [0.2, 0.25) is 0 Å². The summed E-state index contributed by atoms with van der Waals surface area (Å²) in [7, 11) is 0. The Labute approximate surface area is 104 Å². The summed E-state index contributed by atoms with van der Waals surface area (Å²) in [6, 6.07) is 9.41. The molecule has 0 saturated carbocycles. The van der Waals surface area contributed by atoms with Crippen molar-refractivity contribution in [3.05, 3.63) is 29.8 Å². The maximum absolute atomic E-state index is 5.47. The van der Waals surface area contributed by atoms with E-state index in [1.54, 1.807) is 0 Å². The molecule has 94 valence electrons. The average molecular weight is 233 g/mol. The first-order valence-electron chi connectivity index (χ1n) is 6.70. The number of rotatable bonds is 3. The van der Waals surface area contributed by atoms with Crippen molar-refractivity contribution in [3.63, 3.8) is 0 Å². The highest BCUT2D eigenvalue weighted by atomic mass is 16.5. The second-order valence-electron chi connectivity index (χ2n) is 5.16. The highest BCUT2D eigenvalue weighted by molar-refractivity contribution is 5.45. The molecule has 0 radical (unpaired) electrons. The van der Waals surface area contributed by atoms with Crippen molar-refractivity contribution in [1.82, 2.24) is 0 Å². The van der Waals surface area contributed by atoms with Crippen LogP contribution in [0, 0.1) is 0 Å². The zero-order chi connectivity index (χ0) is 12.1. The molecule has 0 bridgehead atoms. The summed E-state index contributed by atoms with van der Waals surface area (Å²) in [4.78, 5) is 0. The zero-order valence-corrected chi connectivity index (χ0v) is 10.9. The van der Waals surface area contributed by atoms with Gasteiger partial charge >= 0.3 is 0 Å². The molecule has 1 aliphatic rings. The molecule has 1 atom stereocenters. The molecular weight excluding hydrogens is 210 g/mol. The van der Waals surface area contributed by atoms with E-state index in [2.05, 4.69) is 43.4 Å². The Morgan fingerprint density at radius 1 is 1.12 bits per heavy atom. The van der Waals surface area contributed by atoms with Gasteiger partial charge in [-0.25, -0.2) is 0 Å². The Bertz CT molecular complexity index is 323. The van der Waals surface area contributed by atoms with E-state index in [-0.39, 0.29) is 0 Å². The minimum absolute atomic E-state index is 0.572. The number of benzene rings is 1. The van der Waals surface area contributed by atoms with Crippen LogP contribution in [0.2, 0.25) is 0 Å². The van der Waals surface area contributed by atoms with E-state index < -0.39 is 0 Å². The molecule has 0 amide bonds. The van der Waals surface area contributed by atoms with Crippen molar-refractivity contribution < 1.29 is 4.74 Å². The molecule has 1 saturated heterocycles. The molecule has 2 nitrogen and oxygen atoms in total. The SMILES string of the molecule is CC(C)c1ccc(NC2CCCOCC2)cc1. The number of ether oxygens (including phenoxy) is 1. The van der Waals surface area contributed by atoms with Gasteiger partial charge < -0.3 is 10.1 Å². The van der Waals surface area contributed by atoms with Gasteiger partial charge in [-0.3, -0.25) is 0 Å². The Kier molecular flexibility index (Phi) is 4.43. The van der Waals surface area contributed by atoms with Crippen LogP contribution in [0.25, 0.3) is 0 Å². The third-order valence-corrected chi connectivity index (χ3v) is 3.40. The van der Waals surface area contributed by atoms with E-state index in [0.717, 1.165) is 19.6 Å².